The van der Waals surface area contributed by atoms with Gasteiger partial charge >= 0.3 is 0 Å². The van der Waals surface area contributed by atoms with Crippen LogP contribution >= 0.6 is 0 Å². The van der Waals surface area contributed by atoms with Gasteiger partial charge in [0.2, 0.25) is 0 Å². The normalized spacial score (nSPS) is 19.8. The van der Waals surface area contributed by atoms with Crippen LogP contribution < -0.4 is 4.74 Å². The highest BCUT2D eigenvalue weighted by Gasteiger charge is 2.44. The Morgan fingerprint density at radius 2 is 1.72 bits per heavy atom. The van der Waals surface area contributed by atoms with Crippen molar-refractivity contribution in [1.29, 1.82) is 0 Å². The summed E-state index contributed by atoms with van der Waals surface area (Å²) in [7, 11) is 1.70. The molecule has 7 heteroatoms. The van der Waals surface area contributed by atoms with Gasteiger partial charge in [-0.1, -0.05) is 24.3 Å². The van der Waals surface area contributed by atoms with Crippen molar-refractivity contribution in [3.8, 4) is 16.9 Å². The quantitative estimate of drug-likeness (QED) is 0.613. The number of ether oxygens (including phenoxy) is 1. The topological polar surface area (TPSA) is 49.9 Å². The lowest BCUT2D eigenvalue weighted by molar-refractivity contribution is 0.0674. The molecule has 2 aliphatic rings. The van der Waals surface area contributed by atoms with E-state index in [9.17, 15) is 18.4 Å². The first-order valence-corrected chi connectivity index (χ1v) is 10.3. The van der Waals surface area contributed by atoms with Gasteiger partial charge in [-0.2, -0.15) is 0 Å². The van der Waals surface area contributed by atoms with Crippen molar-refractivity contribution in [3.63, 3.8) is 0 Å². The number of fused-ring (bicyclic) bond motifs is 2. The van der Waals surface area contributed by atoms with Crippen LogP contribution in [0.1, 0.15) is 20.7 Å². The van der Waals surface area contributed by atoms with Crippen LogP contribution in [0, 0.1) is 11.6 Å². The lowest BCUT2D eigenvalue weighted by atomic mass is 10.0. The summed E-state index contributed by atoms with van der Waals surface area (Å²) in [5.41, 5.74) is 1.64. The Morgan fingerprint density at radius 3 is 2.47 bits per heavy atom. The number of hydrogen-bond donors (Lipinski definition) is 0. The van der Waals surface area contributed by atoms with Gasteiger partial charge in [-0.3, -0.25) is 9.59 Å². The molecule has 2 heterocycles. The first-order valence-electron chi connectivity index (χ1n) is 10.3. The van der Waals surface area contributed by atoms with Gasteiger partial charge in [0.25, 0.3) is 11.8 Å². The maximum atomic E-state index is 14.3. The largest absolute Gasteiger partial charge is 0.485 e. The number of rotatable bonds is 2. The summed E-state index contributed by atoms with van der Waals surface area (Å²) in [5, 5.41) is 0. The molecule has 0 N–H and O–H groups in total. The third-order valence-electron chi connectivity index (χ3n) is 6.10. The maximum Gasteiger partial charge on any atom is 0.257 e. The van der Waals surface area contributed by atoms with E-state index in [2.05, 4.69) is 0 Å². The molecule has 5 nitrogen and oxygen atoms in total. The Kier molecular flexibility index (Phi) is 4.89. The average Bonchev–Trinajstić information content (AvgIpc) is 3.18. The first-order chi connectivity index (χ1) is 15.4. The van der Waals surface area contributed by atoms with Crippen LogP contribution in [0.25, 0.3) is 11.1 Å². The third kappa shape index (κ3) is 3.39. The highest BCUT2D eigenvalue weighted by Crippen LogP contribution is 2.35. The van der Waals surface area contributed by atoms with Crippen LogP contribution in [0.4, 0.5) is 8.78 Å². The molecule has 0 aliphatic carbocycles. The minimum Gasteiger partial charge on any atom is -0.485 e. The summed E-state index contributed by atoms with van der Waals surface area (Å²) < 4.78 is 33.8. The molecule has 162 valence electrons. The van der Waals surface area contributed by atoms with Crippen molar-refractivity contribution < 1.29 is 23.1 Å². The number of likely N-dealkylation sites (N-methyl/N-ethyl adjacent to an activating group) is 1. The Hall–Kier alpha value is -3.74. The lowest BCUT2D eigenvalue weighted by Crippen LogP contribution is -2.44. The van der Waals surface area contributed by atoms with Gasteiger partial charge in [-0.25, -0.2) is 8.78 Å². The Labute approximate surface area is 183 Å². The molecule has 1 saturated heterocycles. The van der Waals surface area contributed by atoms with Gasteiger partial charge in [0.15, 0.2) is 0 Å². The van der Waals surface area contributed by atoms with Crippen molar-refractivity contribution in [3.05, 3.63) is 89.5 Å². The molecular formula is C25H20F2N2O3. The average molecular weight is 434 g/mol. The predicted octanol–water partition coefficient (Wildman–Crippen LogP) is 3.99. The molecular weight excluding hydrogens is 414 g/mol. The van der Waals surface area contributed by atoms with Crippen LogP contribution in [-0.4, -0.2) is 53.9 Å². The van der Waals surface area contributed by atoms with E-state index < -0.39 is 17.7 Å². The molecule has 3 aromatic rings. The number of halogens is 2. The number of carbonyl (C=O) groups is 2. The van der Waals surface area contributed by atoms with Crippen LogP contribution in [0.2, 0.25) is 0 Å². The first kappa shape index (κ1) is 20.2. The summed E-state index contributed by atoms with van der Waals surface area (Å²) in [4.78, 5) is 29.3. The second-order valence-electron chi connectivity index (χ2n) is 8.05. The fraction of sp³-hybridized carbons (Fsp3) is 0.200. The van der Waals surface area contributed by atoms with E-state index in [1.807, 2.05) is 6.07 Å². The molecule has 0 radical (unpaired) electrons. The van der Waals surface area contributed by atoms with E-state index in [-0.39, 0.29) is 23.4 Å². The van der Waals surface area contributed by atoms with Gasteiger partial charge in [0.05, 0.1) is 18.2 Å². The van der Waals surface area contributed by atoms with E-state index >= 15 is 0 Å². The molecule has 0 spiro atoms. The molecule has 32 heavy (non-hydrogen) atoms. The van der Waals surface area contributed by atoms with Gasteiger partial charge in [0, 0.05) is 30.8 Å². The van der Waals surface area contributed by atoms with E-state index in [0.717, 1.165) is 6.07 Å². The summed E-state index contributed by atoms with van der Waals surface area (Å²) in [6.07, 6.45) is -0.425. The molecule has 0 bridgehead atoms. The summed E-state index contributed by atoms with van der Waals surface area (Å²) in [6.45, 7) is 0.679. The molecule has 2 atom stereocenters. The van der Waals surface area contributed by atoms with Gasteiger partial charge in [0.1, 0.15) is 23.5 Å². The Balaban J connectivity index is 1.47. The second kappa shape index (κ2) is 7.75. The summed E-state index contributed by atoms with van der Waals surface area (Å²) in [5.74, 6) is -1.38. The number of nitrogens with zero attached hydrogens (tertiary/aromatic N) is 2. The molecule has 2 aliphatic heterocycles. The minimum absolute atomic E-state index is 0.120. The minimum atomic E-state index is -0.694. The van der Waals surface area contributed by atoms with Crippen LogP contribution in [-0.2, 0) is 0 Å². The smallest absolute Gasteiger partial charge is 0.257 e. The highest BCUT2D eigenvalue weighted by atomic mass is 19.1. The fourth-order valence-corrected chi connectivity index (χ4v) is 4.36. The number of amides is 2. The van der Waals surface area contributed by atoms with Gasteiger partial charge < -0.3 is 14.5 Å². The maximum absolute atomic E-state index is 14.3. The number of hydrogen-bond acceptors (Lipinski definition) is 3. The Bertz CT molecular complexity index is 1220. The van der Waals surface area contributed by atoms with Crippen LogP contribution in [0.5, 0.6) is 5.75 Å². The van der Waals surface area contributed by atoms with E-state index in [1.54, 1.807) is 59.3 Å². The molecule has 0 aromatic heterocycles. The van der Waals surface area contributed by atoms with E-state index in [0.29, 0.717) is 35.5 Å². The molecule has 2 amide bonds. The monoisotopic (exact) mass is 434 g/mol. The molecule has 3 aromatic carbocycles. The number of benzene rings is 3. The van der Waals surface area contributed by atoms with Crippen LogP contribution in [0.3, 0.4) is 0 Å². The second-order valence-corrected chi connectivity index (χ2v) is 8.05. The van der Waals surface area contributed by atoms with Crippen molar-refractivity contribution in [1.82, 2.24) is 9.80 Å². The van der Waals surface area contributed by atoms with Crippen molar-refractivity contribution in [2.45, 2.75) is 12.1 Å². The van der Waals surface area contributed by atoms with Crippen molar-refractivity contribution in [2.24, 2.45) is 0 Å². The Morgan fingerprint density at radius 1 is 0.969 bits per heavy atom. The molecule has 5 rings (SSSR count). The number of likely N-dealkylation sites (tertiary alicyclic amines) is 1. The third-order valence-corrected chi connectivity index (χ3v) is 6.10. The molecule has 0 saturated carbocycles. The zero-order valence-corrected chi connectivity index (χ0v) is 17.3. The zero-order valence-electron chi connectivity index (χ0n) is 17.3. The van der Waals surface area contributed by atoms with Gasteiger partial charge in [-0.15, -0.1) is 0 Å². The van der Waals surface area contributed by atoms with Gasteiger partial charge in [-0.05, 0) is 42.0 Å². The predicted molar refractivity (Wildman–Crippen MR) is 114 cm³/mol. The highest BCUT2D eigenvalue weighted by molar-refractivity contribution is 5.99. The molecule has 0 unspecified atom stereocenters. The SMILES string of the molecule is CN1C(=O)c2ccc(-c3ccc(F)cc3F)cc2O[C@H]2CN(C(=O)c3ccccc3)C[C@H]21. The summed E-state index contributed by atoms with van der Waals surface area (Å²) in [6, 6.07) is 16.8. The molecule has 1 fully saturated rings. The standard InChI is InChI=1S/C25H20F2N2O3/c1-28-21-13-29(24(30)15-5-3-2-4-6-15)14-23(21)32-22-11-16(7-9-19(22)25(28)31)18-10-8-17(26)12-20(18)27/h2-12,21,23H,13-14H2,1H3/t21-,23+/m1/s1. The van der Waals surface area contributed by atoms with Crippen LogP contribution in [0.15, 0.2) is 66.7 Å². The fourth-order valence-electron chi connectivity index (χ4n) is 4.36. The van der Waals surface area contributed by atoms with Crippen molar-refractivity contribution in [2.75, 3.05) is 20.1 Å². The number of carbonyl (C=O) groups excluding carboxylic acids is 2. The summed E-state index contributed by atoms with van der Waals surface area (Å²) >= 11 is 0. The van der Waals surface area contributed by atoms with E-state index in [1.165, 1.54) is 12.1 Å². The zero-order chi connectivity index (χ0) is 22.4. The lowest BCUT2D eigenvalue weighted by Gasteiger charge is -2.25. The van der Waals surface area contributed by atoms with Crippen molar-refractivity contribution >= 4 is 11.8 Å². The van der Waals surface area contributed by atoms with E-state index in [4.69, 9.17) is 4.74 Å².